The molecule has 4 heteroatoms. The predicted molar refractivity (Wildman–Crippen MR) is 68.7 cm³/mol. The molecule has 0 radical (unpaired) electrons. The van der Waals surface area contributed by atoms with Crippen LogP contribution in [-0.2, 0) is 7.05 Å². The maximum Gasteiger partial charge on any atom is 0.0728 e. The summed E-state index contributed by atoms with van der Waals surface area (Å²) in [6.45, 7) is 6.95. The smallest absolute Gasteiger partial charge is 0.0728 e. The van der Waals surface area contributed by atoms with Gasteiger partial charge in [-0.15, -0.1) is 0 Å². The molecule has 0 aliphatic carbocycles. The Morgan fingerprint density at radius 2 is 2.12 bits per heavy atom. The van der Waals surface area contributed by atoms with Crippen LogP contribution in [0.1, 0.15) is 28.1 Å². The molecule has 1 N–H and O–H groups in total. The van der Waals surface area contributed by atoms with E-state index in [0.29, 0.717) is 12.1 Å². The fourth-order valence-corrected chi connectivity index (χ4v) is 2.29. The van der Waals surface area contributed by atoms with E-state index in [1.54, 1.807) is 0 Å². The number of anilines is 1. The summed E-state index contributed by atoms with van der Waals surface area (Å²) in [5, 5.41) is 7.72. The van der Waals surface area contributed by atoms with Crippen molar-refractivity contribution in [1.29, 1.82) is 0 Å². The maximum atomic E-state index is 4.17. The second kappa shape index (κ2) is 4.87. The summed E-state index contributed by atoms with van der Waals surface area (Å²) in [7, 11) is 1.95. The van der Waals surface area contributed by atoms with Crippen LogP contribution in [0.5, 0.6) is 0 Å². The molecule has 2 rings (SSSR count). The van der Waals surface area contributed by atoms with Gasteiger partial charge in [-0.3, -0.25) is 4.68 Å². The minimum absolute atomic E-state index is 0. The van der Waals surface area contributed by atoms with Crippen LogP contribution >= 0.6 is 0 Å². The van der Waals surface area contributed by atoms with Crippen molar-refractivity contribution in [3.05, 3.63) is 12.4 Å². The zero-order valence-corrected chi connectivity index (χ0v) is 10.5. The molecule has 0 atom stereocenters. The highest BCUT2D eigenvalue weighted by atomic mass is 15.3. The van der Waals surface area contributed by atoms with Gasteiger partial charge >= 0.3 is 0 Å². The molecule has 1 fully saturated rings. The van der Waals surface area contributed by atoms with Gasteiger partial charge in [-0.25, -0.2) is 0 Å². The van der Waals surface area contributed by atoms with Crippen molar-refractivity contribution >= 4 is 5.69 Å². The molecule has 0 spiro atoms. The van der Waals surface area contributed by atoms with Gasteiger partial charge in [0.1, 0.15) is 0 Å². The van der Waals surface area contributed by atoms with Gasteiger partial charge in [-0.2, -0.15) is 5.10 Å². The van der Waals surface area contributed by atoms with E-state index in [1.807, 2.05) is 24.1 Å². The molecular formula is C12H24N4. The molecule has 1 aliphatic rings. The molecule has 2 heterocycles. The lowest BCUT2D eigenvalue weighted by atomic mass is 10.0. The summed E-state index contributed by atoms with van der Waals surface area (Å²) in [6.07, 6.45) is 6.39. The maximum absolute atomic E-state index is 4.17. The molecule has 1 aromatic heterocycles. The second-order valence-electron chi connectivity index (χ2n) is 4.95. The zero-order chi connectivity index (χ0) is 11.5. The van der Waals surface area contributed by atoms with Gasteiger partial charge in [0.25, 0.3) is 0 Å². The lowest BCUT2D eigenvalue weighted by Gasteiger charge is -2.35. The molecule has 0 amide bonds. The van der Waals surface area contributed by atoms with E-state index in [1.165, 1.54) is 25.9 Å². The predicted octanol–water partition coefficient (Wildman–Crippen LogP) is 1.95. The molecular weight excluding hydrogens is 200 g/mol. The van der Waals surface area contributed by atoms with Crippen LogP contribution in [0.4, 0.5) is 5.69 Å². The van der Waals surface area contributed by atoms with Crippen LogP contribution in [0, 0.1) is 0 Å². The van der Waals surface area contributed by atoms with E-state index in [-0.39, 0.29) is 1.43 Å². The van der Waals surface area contributed by atoms with Crippen molar-refractivity contribution in [2.75, 3.05) is 18.4 Å². The van der Waals surface area contributed by atoms with Crippen LogP contribution in [-0.4, -0.2) is 39.9 Å². The van der Waals surface area contributed by atoms with E-state index >= 15 is 0 Å². The van der Waals surface area contributed by atoms with Crippen molar-refractivity contribution in [1.82, 2.24) is 14.7 Å². The number of piperidine rings is 1. The fourth-order valence-electron chi connectivity index (χ4n) is 2.29. The molecule has 92 valence electrons. The standard InChI is InChI=1S/C12H22N4.H2/c1-10(2)16-6-4-11(5-7-16)14-12-8-13-15(3)9-12;/h8-11,14H,4-7H2,1-3H3;1H. The Morgan fingerprint density at radius 1 is 1.44 bits per heavy atom. The van der Waals surface area contributed by atoms with Crippen molar-refractivity contribution in [3.63, 3.8) is 0 Å². The normalized spacial score (nSPS) is 19.2. The molecule has 0 unspecified atom stereocenters. The van der Waals surface area contributed by atoms with Crippen molar-refractivity contribution < 1.29 is 1.43 Å². The topological polar surface area (TPSA) is 33.1 Å². The summed E-state index contributed by atoms with van der Waals surface area (Å²) < 4.78 is 1.84. The number of aromatic nitrogens is 2. The number of hydrogen-bond acceptors (Lipinski definition) is 3. The largest absolute Gasteiger partial charge is 0.380 e. The molecule has 1 aliphatic heterocycles. The minimum atomic E-state index is 0. The Labute approximate surface area is 99.1 Å². The first-order valence-electron chi connectivity index (χ1n) is 6.14. The van der Waals surface area contributed by atoms with Crippen molar-refractivity contribution in [2.45, 2.75) is 38.8 Å². The van der Waals surface area contributed by atoms with Gasteiger partial charge in [0.05, 0.1) is 11.9 Å². The first kappa shape index (κ1) is 11.5. The Morgan fingerprint density at radius 3 is 2.62 bits per heavy atom. The monoisotopic (exact) mass is 224 g/mol. The Bertz CT molecular complexity index is 329. The van der Waals surface area contributed by atoms with Gasteiger partial charge in [-0.05, 0) is 26.7 Å². The van der Waals surface area contributed by atoms with Crippen molar-refractivity contribution in [3.8, 4) is 0 Å². The molecule has 0 saturated carbocycles. The number of nitrogens with zero attached hydrogens (tertiary/aromatic N) is 3. The van der Waals surface area contributed by atoms with Gasteiger partial charge < -0.3 is 10.2 Å². The lowest BCUT2D eigenvalue weighted by Crippen LogP contribution is -2.42. The Hall–Kier alpha value is -1.03. The average molecular weight is 224 g/mol. The molecule has 4 nitrogen and oxygen atoms in total. The summed E-state index contributed by atoms with van der Waals surface area (Å²) in [5.41, 5.74) is 1.14. The Balaban J connectivity index is 0.00000144. The Kier molecular flexibility index (Phi) is 3.49. The molecule has 0 aromatic carbocycles. The van der Waals surface area contributed by atoms with E-state index in [9.17, 15) is 0 Å². The van der Waals surface area contributed by atoms with E-state index < -0.39 is 0 Å². The van der Waals surface area contributed by atoms with Crippen LogP contribution < -0.4 is 5.32 Å². The highest BCUT2D eigenvalue weighted by Gasteiger charge is 2.20. The highest BCUT2D eigenvalue weighted by molar-refractivity contribution is 5.39. The van der Waals surface area contributed by atoms with Crippen LogP contribution in [0.15, 0.2) is 12.4 Å². The number of nitrogens with one attached hydrogen (secondary N) is 1. The van der Waals surface area contributed by atoms with E-state index in [0.717, 1.165) is 5.69 Å². The third-order valence-corrected chi connectivity index (χ3v) is 3.34. The first-order valence-corrected chi connectivity index (χ1v) is 6.14. The third kappa shape index (κ3) is 2.76. The summed E-state index contributed by atoms with van der Waals surface area (Å²) >= 11 is 0. The van der Waals surface area contributed by atoms with Gasteiger partial charge in [0.15, 0.2) is 0 Å². The zero-order valence-electron chi connectivity index (χ0n) is 10.5. The number of likely N-dealkylation sites (tertiary alicyclic amines) is 1. The summed E-state index contributed by atoms with van der Waals surface area (Å²) in [6, 6.07) is 1.29. The molecule has 0 bridgehead atoms. The quantitative estimate of drug-likeness (QED) is 0.852. The minimum Gasteiger partial charge on any atom is -0.380 e. The second-order valence-corrected chi connectivity index (χ2v) is 4.95. The lowest BCUT2D eigenvalue weighted by molar-refractivity contribution is 0.177. The average Bonchev–Trinajstić information content (AvgIpc) is 2.65. The van der Waals surface area contributed by atoms with E-state index in [2.05, 4.69) is 29.2 Å². The first-order chi connectivity index (χ1) is 7.65. The van der Waals surface area contributed by atoms with Crippen LogP contribution in [0.2, 0.25) is 0 Å². The van der Waals surface area contributed by atoms with E-state index in [4.69, 9.17) is 0 Å². The van der Waals surface area contributed by atoms with Gasteiger partial charge in [-0.1, -0.05) is 0 Å². The summed E-state index contributed by atoms with van der Waals surface area (Å²) in [5.74, 6) is 0. The number of hydrogen-bond donors (Lipinski definition) is 1. The third-order valence-electron chi connectivity index (χ3n) is 3.34. The van der Waals surface area contributed by atoms with Crippen molar-refractivity contribution in [2.24, 2.45) is 7.05 Å². The SMILES string of the molecule is CC(C)N1CCC(Nc2cnn(C)c2)CC1.[HH]. The molecule has 1 aromatic rings. The fraction of sp³-hybridized carbons (Fsp3) is 0.750. The van der Waals surface area contributed by atoms with Gasteiger partial charge in [0, 0.05) is 39.8 Å². The van der Waals surface area contributed by atoms with Crippen LogP contribution in [0.25, 0.3) is 0 Å². The highest BCUT2D eigenvalue weighted by Crippen LogP contribution is 2.17. The summed E-state index contributed by atoms with van der Waals surface area (Å²) in [4.78, 5) is 2.54. The molecule has 1 saturated heterocycles. The number of rotatable bonds is 3. The van der Waals surface area contributed by atoms with Crippen LogP contribution in [0.3, 0.4) is 0 Å². The molecule has 16 heavy (non-hydrogen) atoms. The number of aryl methyl sites for hydroxylation is 1. The van der Waals surface area contributed by atoms with Gasteiger partial charge in [0.2, 0.25) is 0 Å².